The van der Waals surface area contributed by atoms with E-state index in [0.29, 0.717) is 6.42 Å². The van der Waals surface area contributed by atoms with Crippen molar-refractivity contribution in [3.63, 3.8) is 0 Å². The molecule has 5 atom stereocenters. The van der Waals surface area contributed by atoms with Crippen LogP contribution in [-0.2, 0) is 33.4 Å². The number of aryl methyl sites for hydroxylation is 1. The summed E-state index contributed by atoms with van der Waals surface area (Å²) in [5.41, 5.74) is -1.08. The number of aliphatic hydroxyl groups is 1. The van der Waals surface area contributed by atoms with E-state index in [1.165, 1.54) is 24.1 Å². The number of esters is 1. The fourth-order valence-corrected chi connectivity index (χ4v) is 5.28. The third-order valence-electron chi connectivity index (χ3n) is 6.11. The third kappa shape index (κ3) is 6.10. The van der Waals surface area contributed by atoms with Crippen LogP contribution in [0.2, 0.25) is 0 Å². The summed E-state index contributed by atoms with van der Waals surface area (Å²) in [6.45, 7) is 10.7. The monoisotopic (exact) mass is 510 g/mol. The van der Waals surface area contributed by atoms with Crippen LogP contribution >= 0.6 is 0 Å². The number of aliphatic hydroxyl groups excluding tert-OH is 1. The highest BCUT2D eigenvalue weighted by Gasteiger charge is 2.62. The fraction of sp³-hybridized carbons (Fsp3) is 0.583. The molecular formula is C24H34N2O8S. The molecule has 3 rings (SSSR count). The molecule has 0 aromatic heterocycles. The summed E-state index contributed by atoms with van der Waals surface area (Å²) in [6, 6.07) is 5.19. The molecule has 2 unspecified atom stereocenters. The first-order valence-electron chi connectivity index (χ1n) is 11.4. The van der Waals surface area contributed by atoms with Gasteiger partial charge in [-0.1, -0.05) is 23.8 Å². The Morgan fingerprint density at radius 3 is 2.43 bits per heavy atom. The summed E-state index contributed by atoms with van der Waals surface area (Å²) in [5.74, 6) is -1.46. The van der Waals surface area contributed by atoms with Crippen LogP contribution in [0.4, 0.5) is 0 Å². The fourth-order valence-electron chi connectivity index (χ4n) is 4.20. The number of carbonyl (C=O) groups is 2. The Labute approximate surface area is 206 Å². The zero-order valence-electron chi connectivity index (χ0n) is 20.7. The topological polar surface area (TPSA) is 131 Å². The molecule has 2 N–H and O–H groups in total. The number of carbonyl (C=O) groups excluding carboxylic acids is 2. The van der Waals surface area contributed by atoms with Crippen molar-refractivity contribution in [2.75, 3.05) is 13.7 Å². The molecule has 0 radical (unpaired) electrons. The molecule has 10 nitrogen and oxygen atoms in total. The van der Waals surface area contributed by atoms with E-state index in [0.717, 1.165) is 5.56 Å². The van der Waals surface area contributed by atoms with Gasteiger partial charge in [-0.3, -0.25) is 8.98 Å². The Kier molecular flexibility index (Phi) is 7.78. The van der Waals surface area contributed by atoms with Crippen molar-refractivity contribution in [3.05, 3.63) is 42.5 Å². The molecule has 0 spiro atoms. The number of likely N-dealkylation sites (tertiary alicyclic amines) is 1. The summed E-state index contributed by atoms with van der Waals surface area (Å²) < 4.78 is 41.6. The van der Waals surface area contributed by atoms with Gasteiger partial charge in [0.2, 0.25) is 12.3 Å². The van der Waals surface area contributed by atoms with E-state index in [4.69, 9.17) is 13.7 Å². The Balaban J connectivity index is 1.82. The quantitative estimate of drug-likeness (QED) is 0.219. The first-order chi connectivity index (χ1) is 16.2. The maximum atomic E-state index is 13.3. The average Bonchev–Trinajstić information content (AvgIpc) is 3.31. The normalized spacial score (nSPS) is 27.8. The number of rotatable bonds is 9. The van der Waals surface area contributed by atoms with E-state index >= 15 is 0 Å². The van der Waals surface area contributed by atoms with Crippen LogP contribution < -0.4 is 5.32 Å². The second-order valence-electron chi connectivity index (χ2n) is 9.99. The van der Waals surface area contributed by atoms with Crippen molar-refractivity contribution in [3.8, 4) is 0 Å². The Hall–Kier alpha value is -2.31. The summed E-state index contributed by atoms with van der Waals surface area (Å²) in [6.07, 6.45) is -0.577. The predicted molar refractivity (Wildman–Crippen MR) is 126 cm³/mol. The molecule has 2 aliphatic rings. The highest BCUT2D eigenvalue weighted by atomic mass is 32.2. The number of ether oxygens (including phenoxy) is 2. The smallest absolute Gasteiger partial charge is 0.332 e. The molecule has 35 heavy (non-hydrogen) atoms. The number of amides is 1. The Morgan fingerprint density at radius 2 is 1.91 bits per heavy atom. The van der Waals surface area contributed by atoms with Crippen LogP contribution in [0, 0.1) is 12.8 Å². The number of nitrogens with zero attached hydrogens (tertiary/aromatic N) is 1. The standard InChI is InChI=1S/C24H34N2O8S/c1-7-16-13-24(16,21(28)32-6)25-20(27)19-12-17(14-26(19)22(29)33-23(3,4)5)34-35(30,31)18-10-8-15(2)9-11-18/h7-11,16-17,19,22,29H,1,12-14H2,2-6H3,(H,25,27)/t16-,17-,19?,22?,24+/m0/s1. The molecule has 2 fully saturated rings. The van der Waals surface area contributed by atoms with Gasteiger partial charge in [0.15, 0.2) is 0 Å². The van der Waals surface area contributed by atoms with Crippen molar-refractivity contribution in [2.24, 2.45) is 5.92 Å². The number of methoxy groups -OCH3 is 1. The molecule has 0 bridgehead atoms. The van der Waals surface area contributed by atoms with Crippen molar-refractivity contribution in [1.82, 2.24) is 10.2 Å². The van der Waals surface area contributed by atoms with Gasteiger partial charge in [0.05, 0.1) is 29.8 Å². The third-order valence-corrected chi connectivity index (χ3v) is 7.49. The molecular weight excluding hydrogens is 476 g/mol. The minimum atomic E-state index is -4.11. The Morgan fingerprint density at radius 1 is 1.29 bits per heavy atom. The van der Waals surface area contributed by atoms with Crippen molar-refractivity contribution >= 4 is 22.0 Å². The molecule has 1 saturated heterocycles. The van der Waals surface area contributed by atoms with E-state index in [1.807, 2.05) is 6.92 Å². The first kappa shape index (κ1) is 27.3. The van der Waals surface area contributed by atoms with Crippen LogP contribution in [0.15, 0.2) is 41.8 Å². The van der Waals surface area contributed by atoms with Gasteiger partial charge in [0, 0.05) is 18.9 Å². The molecule has 1 aliphatic carbocycles. The highest BCUT2D eigenvalue weighted by molar-refractivity contribution is 7.86. The second kappa shape index (κ2) is 9.98. The van der Waals surface area contributed by atoms with E-state index < -0.39 is 51.7 Å². The van der Waals surface area contributed by atoms with Crippen LogP contribution in [0.25, 0.3) is 0 Å². The lowest BCUT2D eigenvalue weighted by Gasteiger charge is -2.33. The number of hydrogen-bond acceptors (Lipinski definition) is 9. The molecule has 1 aromatic rings. The molecule has 1 saturated carbocycles. The largest absolute Gasteiger partial charge is 0.467 e. The van der Waals surface area contributed by atoms with Crippen LogP contribution in [0.5, 0.6) is 0 Å². The molecule has 1 heterocycles. The van der Waals surface area contributed by atoms with Gasteiger partial charge in [-0.15, -0.1) is 6.58 Å². The van der Waals surface area contributed by atoms with Crippen LogP contribution in [-0.4, -0.2) is 73.7 Å². The lowest BCUT2D eigenvalue weighted by Crippen LogP contribution is -2.55. The zero-order chi connectivity index (χ0) is 26.2. The maximum absolute atomic E-state index is 13.3. The first-order valence-corrected chi connectivity index (χ1v) is 12.8. The molecule has 1 aromatic carbocycles. The molecule has 1 amide bonds. The van der Waals surface area contributed by atoms with Gasteiger partial charge in [-0.05, 0) is 46.2 Å². The molecule has 194 valence electrons. The van der Waals surface area contributed by atoms with Gasteiger partial charge in [-0.2, -0.15) is 8.42 Å². The molecule has 11 heteroatoms. The van der Waals surface area contributed by atoms with Crippen molar-refractivity contribution in [2.45, 2.75) is 75.1 Å². The average molecular weight is 511 g/mol. The second-order valence-corrected chi connectivity index (χ2v) is 11.6. The Bertz CT molecular complexity index is 1070. The summed E-state index contributed by atoms with van der Waals surface area (Å²) in [5, 5.41) is 13.5. The van der Waals surface area contributed by atoms with Gasteiger partial charge in [0.1, 0.15) is 5.54 Å². The maximum Gasteiger partial charge on any atom is 0.332 e. The number of benzene rings is 1. The summed E-state index contributed by atoms with van der Waals surface area (Å²) in [4.78, 5) is 27.0. The van der Waals surface area contributed by atoms with Crippen LogP contribution in [0.3, 0.4) is 0 Å². The number of nitrogens with one attached hydrogen (secondary N) is 1. The van der Waals surface area contributed by atoms with Gasteiger partial charge >= 0.3 is 5.97 Å². The zero-order valence-corrected chi connectivity index (χ0v) is 21.5. The van der Waals surface area contributed by atoms with E-state index in [9.17, 15) is 23.1 Å². The van der Waals surface area contributed by atoms with Crippen molar-refractivity contribution < 1.29 is 36.8 Å². The van der Waals surface area contributed by atoms with Crippen molar-refractivity contribution in [1.29, 1.82) is 0 Å². The van der Waals surface area contributed by atoms with E-state index in [-0.39, 0.29) is 23.8 Å². The van der Waals surface area contributed by atoms with E-state index in [2.05, 4.69) is 11.9 Å². The summed E-state index contributed by atoms with van der Waals surface area (Å²) >= 11 is 0. The van der Waals surface area contributed by atoms with E-state index in [1.54, 1.807) is 39.0 Å². The van der Waals surface area contributed by atoms with Crippen LogP contribution in [0.1, 0.15) is 39.2 Å². The molecule has 1 aliphatic heterocycles. The minimum Gasteiger partial charge on any atom is -0.467 e. The lowest BCUT2D eigenvalue weighted by atomic mass is 10.1. The highest BCUT2D eigenvalue weighted by Crippen LogP contribution is 2.45. The van der Waals surface area contributed by atoms with Gasteiger partial charge < -0.3 is 19.9 Å². The van der Waals surface area contributed by atoms with Gasteiger partial charge in [-0.25, -0.2) is 9.69 Å². The SMILES string of the molecule is C=C[C@H]1C[C@]1(NC(=O)C1C[C@H](OS(=O)(=O)c2ccc(C)cc2)CN1C(O)OC(C)(C)C)C(=O)OC. The summed E-state index contributed by atoms with van der Waals surface area (Å²) in [7, 11) is -2.88. The minimum absolute atomic E-state index is 0.00880. The van der Waals surface area contributed by atoms with Gasteiger partial charge in [0.25, 0.3) is 10.1 Å². The lowest BCUT2D eigenvalue weighted by molar-refractivity contribution is -0.242. The predicted octanol–water partition coefficient (Wildman–Crippen LogP) is 1.47. The number of hydrogen-bond donors (Lipinski definition) is 2.